The highest BCUT2D eigenvalue weighted by Crippen LogP contribution is 2.38. The van der Waals surface area contributed by atoms with Gasteiger partial charge in [0, 0.05) is 12.0 Å². The largest absolute Gasteiger partial charge is 0.484 e. The van der Waals surface area contributed by atoms with Crippen molar-refractivity contribution in [2.24, 2.45) is 5.92 Å². The molecule has 4 rings (SSSR count). The molecule has 2 atom stereocenters. The van der Waals surface area contributed by atoms with Crippen LogP contribution in [0.2, 0.25) is 0 Å². The topological polar surface area (TPSA) is 103 Å². The van der Waals surface area contributed by atoms with Crippen LogP contribution < -0.4 is 20.9 Å². The first-order valence-corrected chi connectivity index (χ1v) is 10.6. The van der Waals surface area contributed by atoms with Gasteiger partial charge in [-0.25, -0.2) is 4.79 Å². The van der Waals surface area contributed by atoms with Crippen molar-refractivity contribution in [3.63, 3.8) is 0 Å². The zero-order chi connectivity index (χ0) is 21.3. The van der Waals surface area contributed by atoms with Crippen molar-refractivity contribution in [2.75, 3.05) is 0 Å². The van der Waals surface area contributed by atoms with Crippen molar-refractivity contribution in [3.05, 3.63) is 59.2 Å². The first-order chi connectivity index (χ1) is 14.4. The fourth-order valence-electron chi connectivity index (χ4n) is 3.83. The van der Waals surface area contributed by atoms with Gasteiger partial charge < -0.3 is 15.4 Å². The van der Waals surface area contributed by atoms with Gasteiger partial charge in [0.15, 0.2) is 0 Å². The van der Waals surface area contributed by atoms with Crippen LogP contribution in [0.3, 0.4) is 0 Å². The lowest BCUT2D eigenvalue weighted by atomic mass is 9.85. The number of benzene rings is 1. The molecule has 7 nitrogen and oxygen atoms in total. The Kier molecular flexibility index (Phi) is 5.61. The van der Waals surface area contributed by atoms with Crippen molar-refractivity contribution in [1.82, 2.24) is 15.2 Å². The van der Waals surface area contributed by atoms with Gasteiger partial charge in [-0.2, -0.15) is 0 Å². The van der Waals surface area contributed by atoms with E-state index in [1.165, 1.54) is 0 Å². The molecule has 2 aromatic rings. The Morgan fingerprint density at radius 1 is 1.07 bits per heavy atom. The number of nitrogens with zero attached hydrogens (tertiary/aromatic N) is 1. The predicted molar refractivity (Wildman–Crippen MR) is 115 cm³/mol. The lowest BCUT2D eigenvalue weighted by molar-refractivity contribution is 0.170. The first kappa shape index (κ1) is 20.2. The van der Waals surface area contributed by atoms with E-state index in [1.807, 2.05) is 26.0 Å². The molecule has 1 aromatic carbocycles. The zero-order valence-corrected chi connectivity index (χ0v) is 17.4. The number of carbonyl (C=O) groups excluding carboxylic acids is 1. The van der Waals surface area contributed by atoms with Crippen LogP contribution in [0.5, 0.6) is 5.75 Å². The third-order valence-electron chi connectivity index (χ3n) is 5.66. The Morgan fingerprint density at radius 2 is 1.80 bits per heavy atom. The SMILES string of the molecule is CC(C)C(=N)n1cc(O[C@H]2CC[C@H](NC(=O)NC3CC3)c3ccccc32)ccc1=N. The van der Waals surface area contributed by atoms with Gasteiger partial charge in [0.2, 0.25) is 0 Å². The highest BCUT2D eigenvalue weighted by molar-refractivity contribution is 5.83. The number of hydrogen-bond donors (Lipinski definition) is 4. The van der Waals surface area contributed by atoms with Crippen LogP contribution in [0.1, 0.15) is 62.8 Å². The summed E-state index contributed by atoms with van der Waals surface area (Å²) in [7, 11) is 0. The Morgan fingerprint density at radius 3 is 2.50 bits per heavy atom. The van der Waals surface area contributed by atoms with Crippen molar-refractivity contribution < 1.29 is 9.53 Å². The molecule has 2 aliphatic rings. The van der Waals surface area contributed by atoms with Gasteiger partial charge >= 0.3 is 6.03 Å². The van der Waals surface area contributed by atoms with Crippen LogP contribution in [0.25, 0.3) is 0 Å². The van der Waals surface area contributed by atoms with E-state index in [1.54, 1.807) is 22.9 Å². The average Bonchev–Trinajstić information content (AvgIpc) is 3.54. The molecule has 7 heteroatoms. The zero-order valence-electron chi connectivity index (χ0n) is 17.4. The number of ether oxygens (including phenoxy) is 1. The third kappa shape index (κ3) is 4.40. The number of pyridine rings is 1. The number of nitrogens with one attached hydrogen (secondary N) is 4. The summed E-state index contributed by atoms with van der Waals surface area (Å²) in [6.45, 7) is 3.87. The molecule has 0 spiro atoms. The molecule has 1 heterocycles. The minimum Gasteiger partial charge on any atom is -0.484 e. The smallest absolute Gasteiger partial charge is 0.315 e. The molecule has 1 saturated carbocycles. The fourth-order valence-corrected chi connectivity index (χ4v) is 3.83. The maximum Gasteiger partial charge on any atom is 0.315 e. The summed E-state index contributed by atoms with van der Waals surface area (Å²) in [5, 5.41) is 22.4. The normalized spacial score (nSPS) is 20.4. The lowest BCUT2D eigenvalue weighted by Gasteiger charge is -2.32. The van der Waals surface area contributed by atoms with Crippen LogP contribution in [0.15, 0.2) is 42.6 Å². The van der Waals surface area contributed by atoms with E-state index >= 15 is 0 Å². The van der Waals surface area contributed by atoms with Gasteiger partial charge in [-0.05, 0) is 48.9 Å². The monoisotopic (exact) mass is 407 g/mol. The van der Waals surface area contributed by atoms with E-state index in [0.29, 0.717) is 17.6 Å². The van der Waals surface area contributed by atoms with Crippen LogP contribution in [0.4, 0.5) is 4.79 Å². The van der Waals surface area contributed by atoms with Gasteiger partial charge in [-0.3, -0.25) is 15.4 Å². The summed E-state index contributed by atoms with van der Waals surface area (Å²) in [6, 6.07) is 11.7. The third-order valence-corrected chi connectivity index (χ3v) is 5.66. The van der Waals surface area contributed by atoms with E-state index < -0.39 is 0 Å². The van der Waals surface area contributed by atoms with Crippen LogP contribution in [0, 0.1) is 16.7 Å². The molecule has 2 aliphatic carbocycles. The van der Waals surface area contributed by atoms with Crippen LogP contribution in [-0.4, -0.2) is 22.5 Å². The molecular weight excluding hydrogens is 378 g/mol. The Bertz CT molecular complexity index is 1010. The Balaban J connectivity index is 1.53. The quantitative estimate of drug-likeness (QED) is 0.446. The molecule has 2 amide bonds. The Labute approximate surface area is 176 Å². The number of hydrogen-bond acceptors (Lipinski definition) is 4. The highest BCUT2D eigenvalue weighted by Gasteiger charge is 2.30. The predicted octanol–water partition coefficient (Wildman–Crippen LogP) is 3.87. The van der Waals surface area contributed by atoms with Gasteiger partial charge in [0.05, 0.1) is 12.2 Å². The maximum absolute atomic E-state index is 12.2. The van der Waals surface area contributed by atoms with Gasteiger partial charge in [0.1, 0.15) is 23.2 Å². The number of aromatic nitrogens is 1. The molecule has 1 fully saturated rings. The lowest BCUT2D eigenvalue weighted by Crippen LogP contribution is -2.40. The van der Waals surface area contributed by atoms with E-state index in [4.69, 9.17) is 15.6 Å². The summed E-state index contributed by atoms with van der Waals surface area (Å²) in [4.78, 5) is 12.2. The second-order valence-electron chi connectivity index (χ2n) is 8.42. The number of rotatable bonds is 5. The van der Waals surface area contributed by atoms with Gasteiger partial charge in [0.25, 0.3) is 0 Å². The fraction of sp³-hybridized carbons (Fsp3) is 0.435. The van der Waals surface area contributed by atoms with Gasteiger partial charge in [-0.15, -0.1) is 0 Å². The second-order valence-corrected chi connectivity index (χ2v) is 8.42. The standard InChI is InChI=1S/C23H29N5O2/c1-14(2)22(25)28-13-16(9-12-21(28)24)30-20-11-10-19(17-5-3-4-6-18(17)20)27-23(29)26-15-7-8-15/h3-6,9,12-15,19-20,24-25H,7-8,10-11H2,1-2H3,(H2,26,27,29)/t19-,20-/m0/s1. The van der Waals surface area contributed by atoms with Crippen molar-refractivity contribution in [2.45, 2.75) is 57.7 Å². The molecule has 0 bridgehead atoms. The molecular formula is C23H29N5O2. The summed E-state index contributed by atoms with van der Waals surface area (Å²) < 4.78 is 7.86. The summed E-state index contributed by atoms with van der Waals surface area (Å²) >= 11 is 0. The molecule has 0 aliphatic heterocycles. The first-order valence-electron chi connectivity index (χ1n) is 10.6. The van der Waals surface area contributed by atoms with Crippen molar-refractivity contribution in [3.8, 4) is 5.75 Å². The van der Waals surface area contributed by atoms with E-state index in [-0.39, 0.29) is 29.6 Å². The van der Waals surface area contributed by atoms with Gasteiger partial charge in [-0.1, -0.05) is 38.1 Å². The minimum absolute atomic E-state index is 0.0124. The van der Waals surface area contributed by atoms with Crippen molar-refractivity contribution >= 4 is 11.9 Å². The number of carbonyl (C=O) groups is 1. The number of urea groups is 1. The molecule has 30 heavy (non-hydrogen) atoms. The molecule has 0 unspecified atom stereocenters. The summed E-state index contributed by atoms with van der Waals surface area (Å²) in [5.74, 6) is 1.01. The highest BCUT2D eigenvalue weighted by atomic mass is 16.5. The molecule has 1 aromatic heterocycles. The summed E-state index contributed by atoms with van der Waals surface area (Å²) in [6.07, 6.45) is 5.28. The summed E-state index contributed by atoms with van der Waals surface area (Å²) in [5.41, 5.74) is 2.41. The van der Waals surface area contributed by atoms with Crippen molar-refractivity contribution in [1.29, 1.82) is 10.8 Å². The van der Waals surface area contributed by atoms with E-state index in [2.05, 4.69) is 22.8 Å². The van der Waals surface area contributed by atoms with Crippen LogP contribution in [-0.2, 0) is 0 Å². The molecule has 4 N–H and O–H groups in total. The minimum atomic E-state index is -0.135. The Hall–Kier alpha value is -3.09. The molecule has 0 radical (unpaired) electrons. The maximum atomic E-state index is 12.2. The molecule has 158 valence electrons. The number of amides is 2. The second kappa shape index (κ2) is 8.34. The molecule has 0 saturated heterocycles. The van der Waals surface area contributed by atoms with E-state index in [9.17, 15) is 4.79 Å². The van der Waals surface area contributed by atoms with E-state index in [0.717, 1.165) is 36.8 Å². The van der Waals surface area contributed by atoms with Crippen LogP contribution >= 0.6 is 0 Å². The average molecular weight is 408 g/mol. The number of fused-ring (bicyclic) bond motifs is 1.